The molecule has 0 aliphatic carbocycles. The van der Waals surface area contributed by atoms with Crippen LogP contribution in [0.3, 0.4) is 0 Å². The molecule has 2 aliphatic rings. The highest BCUT2D eigenvalue weighted by molar-refractivity contribution is 8.00. The minimum Gasteiger partial charge on any atom is -0.492 e. The molecule has 3 rings (SSSR count). The third-order valence-electron chi connectivity index (χ3n) is 4.20. The zero-order valence-electron chi connectivity index (χ0n) is 12.9. The van der Waals surface area contributed by atoms with Crippen LogP contribution in [0.2, 0.25) is 0 Å². The maximum absolute atomic E-state index is 12.1. The summed E-state index contributed by atoms with van der Waals surface area (Å²) in [4.78, 5) is 14.6. The standard InChI is InChI=1S/C17H24N2O2S/c20-17(16-7-4-12-22-16)18-14-5-3-6-15(13-14)21-11-10-19-8-1-2-9-19/h3,5-6,13,16H,1-2,4,7-12H2,(H,18,20). The van der Waals surface area contributed by atoms with Crippen LogP contribution in [0.25, 0.3) is 0 Å². The molecule has 0 saturated carbocycles. The molecule has 1 aromatic rings. The van der Waals surface area contributed by atoms with Crippen LogP contribution in [0.15, 0.2) is 24.3 Å². The molecule has 1 amide bonds. The smallest absolute Gasteiger partial charge is 0.237 e. The summed E-state index contributed by atoms with van der Waals surface area (Å²) < 4.78 is 5.82. The van der Waals surface area contributed by atoms with Gasteiger partial charge in [-0.2, -0.15) is 0 Å². The number of amides is 1. The number of hydrogen-bond acceptors (Lipinski definition) is 4. The van der Waals surface area contributed by atoms with E-state index >= 15 is 0 Å². The Morgan fingerprint density at radius 2 is 2.18 bits per heavy atom. The topological polar surface area (TPSA) is 41.6 Å². The molecule has 0 bridgehead atoms. The van der Waals surface area contributed by atoms with Crippen LogP contribution in [-0.2, 0) is 4.79 Å². The molecular formula is C17H24N2O2S. The molecule has 2 fully saturated rings. The van der Waals surface area contributed by atoms with Gasteiger partial charge in [-0.1, -0.05) is 6.07 Å². The summed E-state index contributed by atoms with van der Waals surface area (Å²) in [6.07, 6.45) is 4.74. The number of benzene rings is 1. The zero-order chi connectivity index (χ0) is 15.2. The summed E-state index contributed by atoms with van der Waals surface area (Å²) in [5.74, 6) is 2.05. The fourth-order valence-electron chi connectivity index (χ4n) is 2.97. The predicted octanol–water partition coefficient (Wildman–Crippen LogP) is 3.00. The molecule has 22 heavy (non-hydrogen) atoms. The van der Waals surface area contributed by atoms with E-state index in [9.17, 15) is 4.79 Å². The number of thioether (sulfide) groups is 1. The number of rotatable bonds is 6. The first kappa shape index (κ1) is 15.7. The van der Waals surface area contributed by atoms with Gasteiger partial charge in [-0.3, -0.25) is 9.69 Å². The lowest BCUT2D eigenvalue weighted by Crippen LogP contribution is -2.25. The molecule has 2 saturated heterocycles. The van der Waals surface area contributed by atoms with Gasteiger partial charge in [-0.05, 0) is 56.7 Å². The number of nitrogens with zero attached hydrogens (tertiary/aromatic N) is 1. The normalized spacial score (nSPS) is 21.9. The summed E-state index contributed by atoms with van der Waals surface area (Å²) in [5, 5.41) is 3.12. The Labute approximate surface area is 136 Å². The number of carbonyl (C=O) groups is 1. The molecule has 2 heterocycles. The Morgan fingerprint density at radius 1 is 1.32 bits per heavy atom. The fraction of sp³-hybridized carbons (Fsp3) is 0.588. The molecule has 1 N–H and O–H groups in total. The highest BCUT2D eigenvalue weighted by atomic mass is 32.2. The molecule has 0 radical (unpaired) electrons. The summed E-state index contributed by atoms with van der Waals surface area (Å²) in [7, 11) is 0. The van der Waals surface area contributed by atoms with E-state index < -0.39 is 0 Å². The first-order chi connectivity index (χ1) is 10.8. The van der Waals surface area contributed by atoms with E-state index in [1.165, 1.54) is 25.9 Å². The van der Waals surface area contributed by atoms with Crippen molar-refractivity contribution in [1.82, 2.24) is 4.90 Å². The summed E-state index contributed by atoms with van der Waals surface area (Å²) in [6, 6.07) is 7.72. The van der Waals surface area contributed by atoms with E-state index in [0.29, 0.717) is 6.61 Å². The van der Waals surface area contributed by atoms with Crippen LogP contribution in [-0.4, -0.2) is 48.1 Å². The molecule has 1 atom stereocenters. The zero-order valence-corrected chi connectivity index (χ0v) is 13.7. The average Bonchev–Trinajstić information content (AvgIpc) is 3.21. The van der Waals surface area contributed by atoms with Crippen LogP contribution >= 0.6 is 11.8 Å². The molecule has 120 valence electrons. The highest BCUT2D eigenvalue weighted by Crippen LogP contribution is 2.27. The number of hydrogen-bond donors (Lipinski definition) is 1. The number of nitrogens with one attached hydrogen (secondary N) is 1. The van der Waals surface area contributed by atoms with Crippen molar-refractivity contribution in [1.29, 1.82) is 0 Å². The second-order valence-corrected chi connectivity index (χ2v) is 7.23. The van der Waals surface area contributed by atoms with Crippen LogP contribution in [0.5, 0.6) is 5.75 Å². The van der Waals surface area contributed by atoms with Gasteiger partial charge in [-0.15, -0.1) is 11.8 Å². The Balaban J connectivity index is 1.47. The van der Waals surface area contributed by atoms with Crippen molar-refractivity contribution >= 4 is 23.4 Å². The lowest BCUT2D eigenvalue weighted by Gasteiger charge is -2.15. The molecule has 0 spiro atoms. The van der Waals surface area contributed by atoms with E-state index in [1.54, 1.807) is 11.8 Å². The van der Waals surface area contributed by atoms with Crippen molar-refractivity contribution in [3.8, 4) is 5.75 Å². The van der Waals surface area contributed by atoms with Crippen molar-refractivity contribution in [2.24, 2.45) is 0 Å². The minimum atomic E-state index is 0.111. The summed E-state index contributed by atoms with van der Waals surface area (Å²) in [5.41, 5.74) is 0.830. The summed E-state index contributed by atoms with van der Waals surface area (Å²) in [6.45, 7) is 4.07. The van der Waals surface area contributed by atoms with Crippen LogP contribution in [0, 0.1) is 0 Å². The second-order valence-electron chi connectivity index (χ2n) is 5.92. The molecule has 0 aromatic heterocycles. The van der Waals surface area contributed by atoms with Gasteiger partial charge in [0.25, 0.3) is 0 Å². The van der Waals surface area contributed by atoms with Crippen molar-refractivity contribution in [2.75, 3.05) is 37.3 Å². The predicted molar refractivity (Wildman–Crippen MR) is 91.7 cm³/mol. The van der Waals surface area contributed by atoms with Gasteiger partial charge in [0, 0.05) is 18.3 Å². The second kappa shape index (κ2) is 7.88. The number of likely N-dealkylation sites (tertiary alicyclic amines) is 1. The highest BCUT2D eigenvalue weighted by Gasteiger charge is 2.23. The van der Waals surface area contributed by atoms with Gasteiger partial charge in [-0.25, -0.2) is 0 Å². The lowest BCUT2D eigenvalue weighted by molar-refractivity contribution is -0.115. The largest absolute Gasteiger partial charge is 0.492 e. The van der Waals surface area contributed by atoms with E-state index in [0.717, 1.165) is 36.6 Å². The molecule has 1 aromatic carbocycles. The number of carbonyl (C=O) groups excluding carboxylic acids is 1. The quantitative estimate of drug-likeness (QED) is 0.875. The fourth-order valence-corrected chi connectivity index (χ4v) is 4.13. The van der Waals surface area contributed by atoms with Gasteiger partial charge in [0.2, 0.25) is 5.91 Å². The van der Waals surface area contributed by atoms with Gasteiger partial charge >= 0.3 is 0 Å². The van der Waals surface area contributed by atoms with Crippen molar-refractivity contribution in [2.45, 2.75) is 30.9 Å². The van der Waals surface area contributed by atoms with Crippen molar-refractivity contribution < 1.29 is 9.53 Å². The van der Waals surface area contributed by atoms with Crippen LogP contribution < -0.4 is 10.1 Å². The van der Waals surface area contributed by atoms with Gasteiger partial charge < -0.3 is 10.1 Å². The molecular weight excluding hydrogens is 296 g/mol. The van der Waals surface area contributed by atoms with Crippen LogP contribution in [0.4, 0.5) is 5.69 Å². The molecule has 4 nitrogen and oxygen atoms in total. The summed E-state index contributed by atoms with van der Waals surface area (Å²) >= 11 is 1.75. The SMILES string of the molecule is O=C(Nc1cccc(OCCN2CCCC2)c1)C1CCCS1. The average molecular weight is 320 g/mol. The van der Waals surface area contributed by atoms with E-state index in [4.69, 9.17) is 4.74 Å². The van der Waals surface area contributed by atoms with E-state index in [1.807, 2.05) is 24.3 Å². The number of anilines is 1. The Hall–Kier alpha value is -1.20. The molecule has 2 aliphatic heterocycles. The monoisotopic (exact) mass is 320 g/mol. The first-order valence-electron chi connectivity index (χ1n) is 8.19. The first-order valence-corrected chi connectivity index (χ1v) is 9.24. The Kier molecular flexibility index (Phi) is 5.62. The van der Waals surface area contributed by atoms with Crippen molar-refractivity contribution in [3.63, 3.8) is 0 Å². The van der Waals surface area contributed by atoms with Gasteiger partial charge in [0.1, 0.15) is 12.4 Å². The maximum Gasteiger partial charge on any atom is 0.237 e. The maximum atomic E-state index is 12.1. The molecule has 5 heteroatoms. The minimum absolute atomic E-state index is 0.111. The van der Waals surface area contributed by atoms with Gasteiger partial charge in [0.05, 0.1) is 5.25 Å². The third kappa shape index (κ3) is 4.40. The lowest BCUT2D eigenvalue weighted by atomic mass is 10.2. The molecule has 1 unspecified atom stereocenters. The van der Waals surface area contributed by atoms with Gasteiger partial charge in [0.15, 0.2) is 0 Å². The van der Waals surface area contributed by atoms with Crippen molar-refractivity contribution in [3.05, 3.63) is 24.3 Å². The number of ether oxygens (including phenoxy) is 1. The Morgan fingerprint density at radius 3 is 2.95 bits per heavy atom. The Bertz CT molecular complexity index is 497. The van der Waals surface area contributed by atoms with E-state index in [-0.39, 0.29) is 11.2 Å². The van der Waals surface area contributed by atoms with E-state index in [2.05, 4.69) is 10.2 Å². The van der Waals surface area contributed by atoms with Crippen LogP contribution in [0.1, 0.15) is 25.7 Å². The third-order valence-corrected chi connectivity index (χ3v) is 5.58.